The molecule has 3 heterocycles. The summed E-state index contributed by atoms with van der Waals surface area (Å²) in [6, 6.07) is 11.6. The summed E-state index contributed by atoms with van der Waals surface area (Å²) in [5.74, 6) is 1.32. The number of hydrogen-bond donors (Lipinski definition) is 1. The van der Waals surface area contributed by atoms with E-state index in [9.17, 15) is 4.79 Å². The molecule has 144 valence electrons. The number of likely N-dealkylation sites (tertiary alicyclic amines) is 1. The van der Waals surface area contributed by atoms with Crippen molar-refractivity contribution in [3.05, 3.63) is 71.2 Å². The number of rotatable bonds is 4. The molecule has 0 radical (unpaired) electrons. The second kappa shape index (κ2) is 7.80. The molecule has 1 amide bonds. The lowest BCUT2D eigenvalue weighted by Crippen LogP contribution is -2.39. The van der Waals surface area contributed by atoms with Crippen molar-refractivity contribution in [1.29, 1.82) is 0 Å². The fourth-order valence-corrected chi connectivity index (χ4v) is 3.64. The van der Waals surface area contributed by atoms with Crippen LogP contribution in [0.5, 0.6) is 0 Å². The molecule has 2 aromatic heterocycles. The lowest BCUT2D eigenvalue weighted by atomic mass is 10.0. The molecule has 0 aliphatic carbocycles. The third-order valence-corrected chi connectivity index (χ3v) is 4.93. The van der Waals surface area contributed by atoms with E-state index in [0.717, 1.165) is 30.6 Å². The van der Waals surface area contributed by atoms with Crippen molar-refractivity contribution in [2.24, 2.45) is 0 Å². The summed E-state index contributed by atoms with van der Waals surface area (Å²) >= 11 is 0. The van der Waals surface area contributed by atoms with Crippen LogP contribution in [0.4, 0.5) is 5.95 Å². The van der Waals surface area contributed by atoms with E-state index in [1.807, 2.05) is 18.2 Å². The zero-order chi connectivity index (χ0) is 19.5. The molecule has 0 bridgehead atoms. The predicted octanol–water partition coefficient (Wildman–Crippen LogP) is 3.31. The van der Waals surface area contributed by atoms with Gasteiger partial charge in [0.2, 0.25) is 11.8 Å². The quantitative estimate of drug-likeness (QED) is 0.749. The van der Waals surface area contributed by atoms with Gasteiger partial charge in [0.05, 0.1) is 6.20 Å². The Bertz CT molecular complexity index is 950. The number of aryl methyl sites for hydroxylation is 1. The van der Waals surface area contributed by atoms with Crippen LogP contribution in [0.1, 0.15) is 58.7 Å². The summed E-state index contributed by atoms with van der Waals surface area (Å²) in [4.78, 5) is 27.5. The van der Waals surface area contributed by atoms with Crippen LogP contribution in [-0.4, -0.2) is 32.3 Å². The van der Waals surface area contributed by atoms with Crippen LogP contribution in [0, 0.1) is 6.92 Å². The van der Waals surface area contributed by atoms with Gasteiger partial charge in [0, 0.05) is 18.7 Å². The first-order valence-electron chi connectivity index (χ1n) is 9.51. The standard InChI is InChI=1S/C21H23N5O2/c1-14-11-17(25-21(22)24-14)20(27)26-10-6-5-9-18(26)19-23-13-16(28-19)12-15-7-3-2-4-8-15/h2-4,7-8,11,13,18H,5-6,9-10,12H2,1H3,(H2,22,24,25)/t18-/m0/s1. The molecule has 3 aromatic rings. The zero-order valence-corrected chi connectivity index (χ0v) is 15.8. The van der Waals surface area contributed by atoms with Crippen molar-refractivity contribution in [3.8, 4) is 0 Å². The van der Waals surface area contributed by atoms with Crippen molar-refractivity contribution < 1.29 is 9.21 Å². The summed E-state index contributed by atoms with van der Waals surface area (Å²) in [5.41, 5.74) is 7.87. The summed E-state index contributed by atoms with van der Waals surface area (Å²) in [6.07, 6.45) is 5.22. The largest absolute Gasteiger partial charge is 0.443 e. The lowest BCUT2D eigenvalue weighted by molar-refractivity contribution is 0.0564. The van der Waals surface area contributed by atoms with Crippen molar-refractivity contribution in [1.82, 2.24) is 19.9 Å². The Morgan fingerprint density at radius 1 is 1.25 bits per heavy atom. The summed E-state index contributed by atoms with van der Waals surface area (Å²) < 4.78 is 6.03. The maximum absolute atomic E-state index is 13.1. The van der Waals surface area contributed by atoms with Crippen LogP contribution < -0.4 is 5.73 Å². The number of nitrogens with zero attached hydrogens (tertiary/aromatic N) is 4. The molecule has 2 N–H and O–H groups in total. The van der Waals surface area contributed by atoms with Crippen LogP contribution in [-0.2, 0) is 6.42 Å². The molecule has 28 heavy (non-hydrogen) atoms. The minimum atomic E-state index is -0.192. The number of piperidine rings is 1. The fourth-order valence-electron chi connectivity index (χ4n) is 3.64. The van der Waals surface area contributed by atoms with Gasteiger partial charge in [-0.25, -0.2) is 15.0 Å². The van der Waals surface area contributed by atoms with E-state index < -0.39 is 0 Å². The number of hydrogen-bond acceptors (Lipinski definition) is 6. The molecule has 1 aliphatic heterocycles. The monoisotopic (exact) mass is 377 g/mol. The van der Waals surface area contributed by atoms with Gasteiger partial charge in [0.15, 0.2) is 0 Å². The second-order valence-electron chi connectivity index (χ2n) is 7.09. The molecule has 0 unspecified atom stereocenters. The van der Waals surface area contributed by atoms with Crippen molar-refractivity contribution >= 4 is 11.9 Å². The Hall–Kier alpha value is -3.22. The van der Waals surface area contributed by atoms with Gasteiger partial charge >= 0.3 is 0 Å². The highest BCUT2D eigenvalue weighted by Crippen LogP contribution is 2.32. The molecule has 0 spiro atoms. The third kappa shape index (κ3) is 3.88. The highest BCUT2D eigenvalue weighted by molar-refractivity contribution is 5.93. The Labute approximate surface area is 163 Å². The predicted molar refractivity (Wildman–Crippen MR) is 105 cm³/mol. The molecule has 0 saturated carbocycles. The summed E-state index contributed by atoms with van der Waals surface area (Å²) in [6.45, 7) is 2.44. The fraction of sp³-hybridized carbons (Fsp3) is 0.333. The number of benzene rings is 1. The van der Waals surface area contributed by atoms with E-state index in [1.54, 1.807) is 24.1 Å². The second-order valence-corrected chi connectivity index (χ2v) is 7.09. The minimum Gasteiger partial charge on any atom is -0.443 e. The molecule has 1 aliphatic rings. The number of aromatic nitrogens is 3. The molecule has 1 aromatic carbocycles. The minimum absolute atomic E-state index is 0.109. The highest BCUT2D eigenvalue weighted by Gasteiger charge is 2.32. The Kier molecular flexibility index (Phi) is 5.06. The van der Waals surface area contributed by atoms with E-state index in [4.69, 9.17) is 10.2 Å². The van der Waals surface area contributed by atoms with Gasteiger partial charge in [0.1, 0.15) is 17.5 Å². The molecule has 1 atom stereocenters. The van der Waals surface area contributed by atoms with Crippen molar-refractivity contribution in [2.75, 3.05) is 12.3 Å². The van der Waals surface area contributed by atoms with E-state index in [-0.39, 0.29) is 17.9 Å². The Morgan fingerprint density at radius 3 is 2.86 bits per heavy atom. The molecule has 7 nitrogen and oxygen atoms in total. The van der Waals surface area contributed by atoms with Crippen LogP contribution in [0.3, 0.4) is 0 Å². The average Bonchev–Trinajstić information content (AvgIpc) is 3.16. The summed E-state index contributed by atoms with van der Waals surface area (Å²) in [5, 5.41) is 0. The number of carbonyl (C=O) groups excluding carboxylic acids is 1. The first-order chi connectivity index (χ1) is 13.6. The van der Waals surface area contributed by atoms with Crippen molar-refractivity contribution in [3.63, 3.8) is 0 Å². The average molecular weight is 377 g/mol. The number of anilines is 1. The summed E-state index contributed by atoms with van der Waals surface area (Å²) in [7, 11) is 0. The SMILES string of the molecule is Cc1cc(C(=O)N2CCCC[C@H]2c2ncc(Cc3ccccc3)o2)nc(N)n1. The van der Waals surface area contributed by atoms with Gasteiger partial charge in [-0.2, -0.15) is 0 Å². The van der Waals surface area contributed by atoms with Crippen molar-refractivity contribution in [2.45, 2.75) is 38.6 Å². The van der Waals surface area contributed by atoms with Gasteiger partial charge in [-0.15, -0.1) is 0 Å². The highest BCUT2D eigenvalue weighted by atomic mass is 16.4. The molecule has 4 rings (SSSR count). The number of amides is 1. The third-order valence-electron chi connectivity index (χ3n) is 4.93. The molecule has 1 fully saturated rings. The number of carbonyl (C=O) groups is 1. The molecular weight excluding hydrogens is 354 g/mol. The van der Waals surface area contributed by atoms with Crippen LogP contribution in [0.15, 0.2) is 47.0 Å². The van der Waals surface area contributed by atoms with E-state index in [1.165, 1.54) is 0 Å². The number of nitrogen functional groups attached to an aromatic ring is 1. The smallest absolute Gasteiger partial charge is 0.273 e. The van der Waals surface area contributed by atoms with Gasteiger partial charge < -0.3 is 15.1 Å². The Morgan fingerprint density at radius 2 is 2.07 bits per heavy atom. The van der Waals surface area contributed by atoms with E-state index >= 15 is 0 Å². The van der Waals surface area contributed by atoms with Crippen LogP contribution in [0.25, 0.3) is 0 Å². The maximum atomic E-state index is 13.1. The first-order valence-corrected chi connectivity index (χ1v) is 9.51. The number of nitrogens with two attached hydrogens (primary N) is 1. The molecule has 7 heteroatoms. The van der Waals surface area contributed by atoms with Gasteiger partial charge in [-0.05, 0) is 37.8 Å². The molecule has 1 saturated heterocycles. The van der Waals surface area contributed by atoms with Crippen LogP contribution >= 0.6 is 0 Å². The Balaban J connectivity index is 1.56. The lowest BCUT2D eigenvalue weighted by Gasteiger charge is -2.33. The van der Waals surface area contributed by atoms with E-state index in [2.05, 4.69) is 27.1 Å². The topological polar surface area (TPSA) is 98.1 Å². The van der Waals surface area contributed by atoms with E-state index in [0.29, 0.717) is 30.2 Å². The normalized spacial score (nSPS) is 16.9. The van der Waals surface area contributed by atoms with Gasteiger partial charge in [-0.3, -0.25) is 4.79 Å². The zero-order valence-electron chi connectivity index (χ0n) is 15.8. The first kappa shape index (κ1) is 18.2. The number of oxazole rings is 1. The van der Waals surface area contributed by atoms with Gasteiger partial charge in [-0.1, -0.05) is 30.3 Å². The van der Waals surface area contributed by atoms with Gasteiger partial charge in [0.25, 0.3) is 5.91 Å². The molecular formula is C21H23N5O2. The maximum Gasteiger partial charge on any atom is 0.273 e. The van der Waals surface area contributed by atoms with Crippen LogP contribution in [0.2, 0.25) is 0 Å².